The predicted octanol–water partition coefficient (Wildman–Crippen LogP) is 6.96. The number of hydrogen-bond acceptors (Lipinski definition) is 4. The summed E-state index contributed by atoms with van der Waals surface area (Å²) < 4.78 is 34.5. The van der Waals surface area contributed by atoms with E-state index in [0.29, 0.717) is 38.4 Å². The van der Waals surface area contributed by atoms with E-state index in [9.17, 15) is 13.2 Å². The molecular weight excluding hydrogens is 531 g/mol. The van der Waals surface area contributed by atoms with E-state index in [2.05, 4.69) is 5.32 Å². The molecule has 1 aliphatic rings. The number of hydrogen-bond donors (Lipinski definition) is 1. The fraction of sp³-hybridized carbons (Fsp3) is 0.0357. The monoisotopic (exact) mass is 550 g/mol. The Labute approximate surface area is 224 Å². The number of sulfonamides is 1. The van der Waals surface area contributed by atoms with Crippen molar-refractivity contribution in [3.63, 3.8) is 0 Å². The number of rotatable bonds is 5. The van der Waals surface area contributed by atoms with Crippen molar-refractivity contribution < 1.29 is 17.9 Å². The Bertz CT molecular complexity index is 1640. The molecule has 186 valence electrons. The Kier molecular flexibility index (Phi) is 6.69. The average Bonchev–Trinajstić information content (AvgIpc) is 2.88. The minimum absolute atomic E-state index is 0.219. The molecule has 1 N–H and O–H groups in total. The van der Waals surface area contributed by atoms with Crippen LogP contribution in [0.1, 0.15) is 11.1 Å². The first-order chi connectivity index (χ1) is 17.8. The largest absolute Gasteiger partial charge is 0.455 e. The summed E-state index contributed by atoms with van der Waals surface area (Å²) in [5.41, 5.74) is 1.96. The summed E-state index contributed by atoms with van der Waals surface area (Å²) in [6.07, 6.45) is 0. The van der Waals surface area contributed by atoms with Crippen LogP contribution in [0.5, 0.6) is 11.5 Å². The van der Waals surface area contributed by atoms with Crippen LogP contribution in [0.3, 0.4) is 0 Å². The normalized spacial score (nSPS) is 14.2. The van der Waals surface area contributed by atoms with Crippen LogP contribution in [0.25, 0.3) is 5.57 Å². The average molecular weight is 551 g/mol. The molecule has 0 unspecified atom stereocenters. The lowest BCUT2D eigenvalue weighted by atomic mass is 9.95. The number of carbonyl (C=O) groups is 1. The second kappa shape index (κ2) is 9.94. The van der Waals surface area contributed by atoms with Crippen LogP contribution in [0, 0.1) is 0 Å². The molecule has 4 aromatic rings. The standard InChI is InChI=1S/C28H20Cl2N2O4S/c1-32-24-14-12-19(29)16-22(24)26(18-8-4-2-5-9-18)27(37(32,34)35)28(33)31-23-17-20(30)13-15-25(23)36-21-10-6-3-7-11-21/h2-17H,1H3,(H,31,33). The van der Waals surface area contributed by atoms with E-state index in [-0.39, 0.29) is 11.3 Å². The fourth-order valence-corrected chi connectivity index (χ4v) is 5.91. The van der Waals surface area contributed by atoms with E-state index in [1.165, 1.54) is 13.1 Å². The third-order valence-corrected chi connectivity index (χ3v) is 8.14. The SMILES string of the molecule is CN1c2ccc(Cl)cc2C(c2ccccc2)=C(C(=O)Nc2cc(Cl)ccc2Oc2ccccc2)S1(=O)=O. The lowest BCUT2D eigenvalue weighted by molar-refractivity contribution is -0.112. The number of amides is 1. The number of benzene rings is 4. The third kappa shape index (κ3) is 4.81. The molecule has 0 radical (unpaired) electrons. The smallest absolute Gasteiger partial charge is 0.270 e. The number of nitrogens with zero attached hydrogens (tertiary/aromatic N) is 1. The molecule has 6 nitrogen and oxygen atoms in total. The van der Waals surface area contributed by atoms with Crippen molar-refractivity contribution in [1.82, 2.24) is 0 Å². The highest BCUT2D eigenvalue weighted by Crippen LogP contribution is 2.44. The highest BCUT2D eigenvalue weighted by atomic mass is 35.5. The zero-order valence-electron chi connectivity index (χ0n) is 19.5. The Morgan fingerprint density at radius 1 is 0.838 bits per heavy atom. The second-order valence-electron chi connectivity index (χ2n) is 8.21. The first-order valence-electron chi connectivity index (χ1n) is 11.2. The van der Waals surface area contributed by atoms with Crippen LogP contribution >= 0.6 is 23.2 Å². The molecule has 1 amide bonds. The summed E-state index contributed by atoms with van der Waals surface area (Å²) in [4.78, 5) is 13.4. The third-order valence-electron chi connectivity index (χ3n) is 5.84. The Hall–Kier alpha value is -3.78. The number of carbonyl (C=O) groups excluding carboxylic acids is 1. The highest BCUT2D eigenvalue weighted by molar-refractivity contribution is 7.97. The Balaban J connectivity index is 1.67. The number of halogens is 2. The maximum absolute atomic E-state index is 13.8. The number of para-hydroxylation sites is 1. The lowest BCUT2D eigenvalue weighted by Crippen LogP contribution is -2.37. The van der Waals surface area contributed by atoms with Gasteiger partial charge in [0.05, 0.1) is 11.4 Å². The highest BCUT2D eigenvalue weighted by Gasteiger charge is 2.40. The Morgan fingerprint density at radius 2 is 1.46 bits per heavy atom. The molecule has 0 aliphatic carbocycles. The summed E-state index contributed by atoms with van der Waals surface area (Å²) in [6, 6.07) is 27.5. The van der Waals surface area contributed by atoms with Gasteiger partial charge < -0.3 is 10.1 Å². The molecule has 0 aromatic heterocycles. The van der Waals surface area contributed by atoms with Crippen molar-refractivity contribution in [1.29, 1.82) is 0 Å². The summed E-state index contributed by atoms with van der Waals surface area (Å²) in [6.45, 7) is 0. The second-order valence-corrected chi connectivity index (χ2v) is 11.0. The van der Waals surface area contributed by atoms with Gasteiger partial charge in [0.2, 0.25) is 0 Å². The van der Waals surface area contributed by atoms with Crippen LogP contribution in [0.4, 0.5) is 11.4 Å². The van der Waals surface area contributed by atoms with Gasteiger partial charge in [-0.1, -0.05) is 71.7 Å². The molecule has 37 heavy (non-hydrogen) atoms. The van der Waals surface area contributed by atoms with Crippen LogP contribution in [-0.4, -0.2) is 21.4 Å². The minimum Gasteiger partial charge on any atom is -0.455 e. The zero-order valence-corrected chi connectivity index (χ0v) is 21.8. The molecule has 0 saturated heterocycles. The fourth-order valence-electron chi connectivity index (χ4n) is 4.11. The number of anilines is 2. The van der Waals surface area contributed by atoms with Crippen molar-refractivity contribution in [3.05, 3.63) is 123 Å². The van der Waals surface area contributed by atoms with Gasteiger partial charge in [-0.3, -0.25) is 9.10 Å². The molecule has 4 aromatic carbocycles. The zero-order chi connectivity index (χ0) is 26.2. The predicted molar refractivity (Wildman–Crippen MR) is 148 cm³/mol. The van der Waals surface area contributed by atoms with Gasteiger partial charge in [-0.2, -0.15) is 0 Å². The van der Waals surface area contributed by atoms with Crippen molar-refractivity contribution in [2.75, 3.05) is 16.7 Å². The number of nitrogens with one attached hydrogen (secondary N) is 1. The molecule has 0 atom stereocenters. The summed E-state index contributed by atoms with van der Waals surface area (Å²) >= 11 is 12.5. The molecule has 0 bridgehead atoms. The first-order valence-corrected chi connectivity index (χ1v) is 13.4. The number of ether oxygens (including phenoxy) is 1. The van der Waals surface area contributed by atoms with E-state index < -0.39 is 20.8 Å². The first kappa shape index (κ1) is 24.9. The minimum atomic E-state index is -4.24. The molecular formula is C28H20Cl2N2O4S. The van der Waals surface area contributed by atoms with Crippen molar-refractivity contribution in [2.45, 2.75) is 0 Å². The van der Waals surface area contributed by atoms with Crippen molar-refractivity contribution in [3.8, 4) is 11.5 Å². The topological polar surface area (TPSA) is 75.7 Å². The van der Waals surface area contributed by atoms with E-state index in [1.807, 2.05) is 24.3 Å². The van der Waals surface area contributed by atoms with E-state index in [4.69, 9.17) is 27.9 Å². The molecule has 0 spiro atoms. The maximum atomic E-state index is 13.8. The molecule has 0 saturated carbocycles. The quantitative estimate of drug-likeness (QED) is 0.291. The van der Waals surface area contributed by atoms with Crippen LogP contribution in [0.2, 0.25) is 10.0 Å². The molecule has 1 heterocycles. The van der Waals surface area contributed by atoms with Crippen LogP contribution < -0.4 is 14.4 Å². The van der Waals surface area contributed by atoms with Gasteiger partial charge in [-0.25, -0.2) is 8.42 Å². The number of fused-ring (bicyclic) bond motifs is 1. The van der Waals surface area contributed by atoms with Gasteiger partial charge in [0.15, 0.2) is 10.7 Å². The molecule has 5 rings (SSSR count). The Morgan fingerprint density at radius 3 is 2.16 bits per heavy atom. The van der Waals surface area contributed by atoms with Crippen LogP contribution in [-0.2, 0) is 14.8 Å². The molecule has 1 aliphatic heterocycles. The van der Waals surface area contributed by atoms with Gasteiger partial charge in [0.25, 0.3) is 15.9 Å². The lowest BCUT2D eigenvalue weighted by Gasteiger charge is -2.31. The van der Waals surface area contributed by atoms with Gasteiger partial charge in [-0.05, 0) is 54.1 Å². The summed E-state index contributed by atoms with van der Waals surface area (Å²) in [5.74, 6) is 0.00502. The van der Waals surface area contributed by atoms with Gasteiger partial charge in [0.1, 0.15) is 5.75 Å². The van der Waals surface area contributed by atoms with Gasteiger partial charge in [-0.15, -0.1) is 0 Å². The maximum Gasteiger partial charge on any atom is 0.270 e. The summed E-state index contributed by atoms with van der Waals surface area (Å²) in [5, 5.41) is 3.47. The van der Waals surface area contributed by atoms with Crippen molar-refractivity contribution >= 4 is 56.1 Å². The van der Waals surface area contributed by atoms with E-state index in [0.717, 1.165) is 4.31 Å². The van der Waals surface area contributed by atoms with Gasteiger partial charge in [0, 0.05) is 28.2 Å². The molecule has 0 fully saturated rings. The molecule has 9 heteroatoms. The van der Waals surface area contributed by atoms with E-state index in [1.54, 1.807) is 66.7 Å². The van der Waals surface area contributed by atoms with Gasteiger partial charge >= 0.3 is 0 Å². The summed E-state index contributed by atoms with van der Waals surface area (Å²) in [7, 11) is -2.84. The van der Waals surface area contributed by atoms with Crippen LogP contribution in [0.15, 0.2) is 102 Å². The van der Waals surface area contributed by atoms with E-state index >= 15 is 0 Å². The van der Waals surface area contributed by atoms with Crippen molar-refractivity contribution in [2.24, 2.45) is 0 Å².